The molecule has 1 aliphatic carbocycles. The number of aliphatic hydroxyl groups is 1. The second kappa shape index (κ2) is 7.08. The van der Waals surface area contributed by atoms with Gasteiger partial charge < -0.3 is 20.1 Å². The third-order valence-corrected chi connectivity index (χ3v) is 3.48. The van der Waals surface area contributed by atoms with Crippen LogP contribution < -0.4 is 10.1 Å². The molecule has 0 saturated heterocycles. The molecule has 1 aromatic carbocycles. The first-order valence-electron chi connectivity index (χ1n) is 7.24. The normalized spacial score (nSPS) is 15.9. The fraction of sp³-hybridized carbons (Fsp3) is 0.533. The van der Waals surface area contributed by atoms with E-state index in [1.165, 1.54) is 29.2 Å². The van der Waals surface area contributed by atoms with Crippen LogP contribution in [-0.4, -0.2) is 48.5 Å². The summed E-state index contributed by atoms with van der Waals surface area (Å²) in [6.07, 6.45) is -2.95. The lowest BCUT2D eigenvalue weighted by molar-refractivity contribution is -0.153. The summed E-state index contributed by atoms with van der Waals surface area (Å²) in [5.41, 5.74) is 0.433. The minimum atomic E-state index is -4.39. The van der Waals surface area contributed by atoms with Crippen LogP contribution in [0.1, 0.15) is 12.8 Å². The molecule has 0 radical (unpaired) electrons. The van der Waals surface area contributed by atoms with Crippen LogP contribution in [0.2, 0.25) is 0 Å². The molecule has 2 rings (SSSR count). The maximum absolute atomic E-state index is 12.0. The molecule has 23 heavy (non-hydrogen) atoms. The van der Waals surface area contributed by atoms with E-state index in [9.17, 15) is 23.1 Å². The highest BCUT2D eigenvalue weighted by molar-refractivity contribution is 5.89. The number of halogens is 3. The van der Waals surface area contributed by atoms with E-state index < -0.39 is 24.9 Å². The molecular formula is C15H19F3N2O3. The van der Waals surface area contributed by atoms with Crippen molar-refractivity contribution in [2.24, 2.45) is 5.92 Å². The fourth-order valence-electron chi connectivity index (χ4n) is 2.01. The summed E-state index contributed by atoms with van der Waals surface area (Å²) in [7, 11) is 1.57. The first-order chi connectivity index (χ1) is 10.7. The van der Waals surface area contributed by atoms with Crippen molar-refractivity contribution in [2.45, 2.75) is 25.1 Å². The van der Waals surface area contributed by atoms with Crippen molar-refractivity contribution in [3.05, 3.63) is 24.3 Å². The van der Waals surface area contributed by atoms with Crippen molar-refractivity contribution >= 4 is 11.7 Å². The van der Waals surface area contributed by atoms with Crippen LogP contribution in [-0.2, 0) is 0 Å². The van der Waals surface area contributed by atoms with E-state index in [2.05, 4.69) is 10.1 Å². The summed E-state index contributed by atoms with van der Waals surface area (Å²) >= 11 is 0. The van der Waals surface area contributed by atoms with Crippen molar-refractivity contribution < 1.29 is 27.8 Å². The van der Waals surface area contributed by atoms with E-state index in [0.717, 1.165) is 12.8 Å². The van der Waals surface area contributed by atoms with Crippen LogP contribution in [0.15, 0.2) is 24.3 Å². The Balaban J connectivity index is 1.81. The monoisotopic (exact) mass is 332 g/mol. The Bertz CT molecular complexity index is 530. The molecule has 0 aliphatic heterocycles. The largest absolute Gasteiger partial charge is 0.484 e. The Kier molecular flexibility index (Phi) is 5.35. The van der Waals surface area contributed by atoms with E-state index in [-0.39, 0.29) is 18.2 Å². The molecule has 2 amide bonds. The summed E-state index contributed by atoms with van der Waals surface area (Å²) in [6, 6.07) is 5.21. The van der Waals surface area contributed by atoms with Gasteiger partial charge in [0.15, 0.2) is 6.61 Å². The number of aliphatic hydroxyl groups excluding tert-OH is 1. The molecule has 0 spiro atoms. The van der Waals surface area contributed by atoms with Crippen LogP contribution in [0.3, 0.4) is 0 Å². The van der Waals surface area contributed by atoms with E-state index in [1.54, 1.807) is 7.05 Å². The number of amides is 2. The SMILES string of the molecule is CN(CC(O)C1CC1)C(=O)Nc1ccc(OCC(F)(F)F)cc1. The van der Waals surface area contributed by atoms with E-state index in [4.69, 9.17) is 0 Å². The number of rotatable bonds is 6. The van der Waals surface area contributed by atoms with Crippen molar-refractivity contribution in [1.82, 2.24) is 4.90 Å². The second-order valence-electron chi connectivity index (χ2n) is 5.64. The second-order valence-corrected chi connectivity index (χ2v) is 5.64. The molecule has 1 saturated carbocycles. The zero-order valence-electron chi connectivity index (χ0n) is 12.6. The lowest BCUT2D eigenvalue weighted by Gasteiger charge is -2.21. The summed E-state index contributed by atoms with van der Waals surface area (Å²) < 4.78 is 40.7. The van der Waals surface area contributed by atoms with Crippen molar-refractivity contribution in [1.29, 1.82) is 0 Å². The van der Waals surface area contributed by atoms with Gasteiger partial charge in [-0.25, -0.2) is 4.79 Å². The smallest absolute Gasteiger partial charge is 0.422 e. The number of carbonyl (C=O) groups excluding carboxylic acids is 1. The first-order valence-corrected chi connectivity index (χ1v) is 7.24. The van der Waals surface area contributed by atoms with Crippen LogP contribution in [0.25, 0.3) is 0 Å². The van der Waals surface area contributed by atoms with E-state index >= 15 is 0 Å². The fourth-order valence-corrected chi connectivity index (χ4v) is 2.01. The van der Waals surface area contributed by atoms with Crippen LogP contribution in [0.4, 0.5) is 23.7 Å². The molecule has 1 aliphatic rings. The van der Waals surface area contributed by atoms with Gasteiger partial charge in [-0.3, -0.25) is 0 Å². The zero-order chi connectivity index (χ0) is 17.0. The molecule has 8 heteroatoms. The van der Waals surface area contributed by atoms with Gasteiger partial charge in [-0.05, 0) is 43.0 Å². The molecule has 0 bridgehead atoms. The van der Waals surface area contributed by atoms with Gasteiger partial charge in [-0.1, -0.05) is 0 Å². The summed E-state index contributed by atoms with van der Waals surface area (Å²) in [6.45, 7) is -1.12. The molecule has 1 fully saturated rings. The van der Waals surface area contributed by atoms with Gasteiger partial charge in [0.1, 0.15) is 5.75 Å². The summed E-state index contributed by atoms with van der Waals surface area (Å²) in [5, 5.41) is 12.4. The molecule has 128 valence electrons. The molecule has 0 heterocycles. The van der Waals surface area contributed by atoms with Crippen LogP contribution >= 0.6 is 0 Å². The van der Waals surface area contributed by atoms with Crippen molar-refractivity contribution in [2.75, 3.05) is 25.5 Å². The first kappa shape index (κ1) is 17.4. The zero-order valence-corrected chi connectivity index (χ0v) is 12.6. The van der Waals surface area contributed by atoms with E-state index in [0.29, 0.717) is 5.69 Å². The molecule has 1 aromatic rings. The average Bonchev–Trinajstić information content (AvgIpc) is 3.30. The number of hydrogen-bond acceptors (Lipinski definition) is 3. The number of hydrogen-bond donors (Lipinski definition) is 2. The molecule has 1 atom stereocenters. The number of nitrogens with zero attached hydrogens (tertiary/aromatic N) is 1. The topological polar surface area (TPSA) is 61.8 Å². The van der Waals surface area contributed by atoms with Gasteiger partial charge in [0.25, 0.3) is 0 Å². The van der Waals surface area contributed by atoms with Crippen molar-refractivity contribution in [3.63, 3.8) is 0 Å². The van der Waals surface area contributed by atoms with Gasteiger partial charge in [0.05, 0.1) is 6.10 Å². The highest BCUT2D eigenvalue weighted by Crippen LogP contribution is 2.32. The molecule has 0 aromatic heterocycles. The third kappa shape index (κ3) is 5.97. The van der Waals surface area contributed by atoms with Gasteiger partial charge >= 0.3 is 12.2 Å². The standard InChI is InChI=1S/C15H19F3N2O3/c1-20(8-13(21)10-2-3-10)14(22)19-11-4-6-12(7-5-11)23-9-15(16,17)18/h4-7,10,13,21H,2-3,8-9H2,1H3,(H,19,22). The number of alkyl halides is 3. The summed E-state index contributed by atoms with van der Waals surface area (Å²) in [5.74, 6) is 0.341. The number of carbonyl (C=O) groups is 1. The highest BCUT2D eigenvalue weighted by atomic mass is 19.4. The maximum Gasteiger partial charge on any atom is 0.422 e. The Morgan fingerprint density at radius 3 is 2.52 bits per heavy atom. The predicted molar refractivity (Wildman–Crippen MR) is 78.4 cm³/mol. The third-order valence-electron chi connectivity index (χ3n) is 3.48. The molecule has 1 unspecified atom stereocenters. The minimum absolute atomic E-state index is 0.0674. The Morgan fingerprint density at radius 2 is 2.00 bits per heavy atom. The minimum Gasteiger partial charge on any atom is -0.484 e. The maximum atomic E-state index is 12.0. The number of urea groups is 1. The van der Waals surface area contributed by atoms with Gasteiger partial charge in [0.2, 0.25) is 0 Å². The summed E-state index contributed by atoms with van der Waals surface area (Å²) in [4.78, 5) is 13.3. The van der Waals surface area contributed by atoms with Crippen LogP contribution in [0.5, 0.6) is 5.75 Å². The molecule has 5 nitrogen and oxygen atoms in total. The number of ether oxygens (including phenoxy) is 1. The van der Waals surface area contributed by atoms with E-state index in [1.807, 2.05) is 0 Å². The number of anilines is 1. The molecule has 2 N–H and O–H groups in total. The van der Waals surface area contributed by atoms with Crippen LogP contribution in [0, 0.1) is 5.92 Å². The Morgan fingerprint density at radius 1 is 1.39 bits per heavy atom. The number of likely N-dealkylation sites (N-methyl/N-ethyl adjacent to an activating group) is 1. The quantitative estimate of drug-likeness (QED) is 0.842. The average molecular weight is 332 g/mol. The molecular weight excluding hydrogens is 313 g/mol. The lowest BCUT2D eigenvalue weighted by atomic mass is 10.2. The highest BCUT2D eigenvalue weighted by Gasteiger charge is 2.31. The lowest BCUT2D eigenvalue weighted by Crippen LogP contribution is -2.37. The number of nitrogens with one attached hydrogen (secondary N) is 1. The van der Waals surface area contributed by atoms with Gasteiger partial charge in [0, 0.05) is 19.3 Å². The number of benzene rings is 1. The van der Waals surface area contributed by atoms with Gasteiger partial charge in [-0.2, -0.15) is 13.2 Å². The Hall–Kier alpha value is -1.96. The Labute approximate surface area is 132 Å². The predicted octanol–water partition coefficient (Wildman–Crippen LogP) is 2.86. The van der Waals surface area contributed by atoms with Crippen molar-refractivity contribution in [3.8, 4) is 5.75 Å². The van der Waals surface area contributed by atoms with Gasteiger partial charge in [-0.15, -0.1) is 0 Å².